The molecule has 1 aliphatic heterocycles. The highest BCUT2D eigenvalue weighted by Gasteiger charge is 2.15. The Morgan fingerprint density at radius 2 is 1.94 bits per heavy atom. The molecule has 7 heteroatoms. The highest BCUT2D eigenvalue weighted by atomic mass is 16.1. The van der Waals surface area contributed by atoms with Crippen LogP contribution in [0.4, 0.5) is 5.82 Å². The number of benzene rings is 1. The summed E-state index contributed by atoms with van der Waals surface area (Å²) in [5.74, 6) is 0.798. The predicted molar refractivity (Wildman–Crippen MR) is 126 cm³/mol. The Hall–Kier alpha value is -3.58. The Morgan fingerprint density at radius 1 is 1.06 bits per heavy atom. The maximum atomic E-state index is 13.0. The molecule has 1 saturated heterocycles. The molecule has 0 atom stereocenters. The maximum absolute atomic E-state index is 13.0. The largest absolute Gasteiger partial charge is 0.367 e. The molecule has 0 spiro atoms. The molecule has 1 fully saturated rings. The van der Waals surface area contributed by atoms with E-state index in [1.54, 1.807) is 16.9 Å². The van der Waals surface area contributed by atoms with Crippen molar-refractivity contribution < 1.29 is 4.79 Å². The molecular weight excluding hydrogens is 400 g/mol. The molecule has 4 heterocycles. The number of piperidine rings is 1. The molecule has 0 radical (unpaired) electrons. The van der Waals surface area contributed by atoms with E-state index in [9.17, 15) is 4.79 Å². The number of aryl methyl sites for hydroxylation is 1. The molecule has 4 aromatic rings. The summed E-state index contributed by atoms with van der Waals surface area (Å²) in [5.41, 5.74) is 3.57. The van der Waals surface area contributed by atoms with Crippen LogP contribution in [-0.2, 0) is 13.5 Å². The van der Waals surface area contributed by atoms with E-state index in [2.05, 4.69) is 43.9 Å². The van der Waals surface area contributed by atoms with E-state index >= 15 is 0 Å². The van der Waals surface area contributed by atoms with Crippen LogP contribution in [0.1, 0.15) is 28.9 Å². The smallest absolute Gasteiger partial charge is 0.169 e. The second-order valence-electron chi connectivity index (χ2n) is 8.34. The lowest BCUT2D eigenvalue weighted by atomic mass is 10.0. The van der Waals surface area contributed by atoms with Crippen molar-refractivity contribution in [3.8, 4) is 11.1 Å². The number of anilines is 1. The van der Waals surface area contributed by atoms with E-state index in [0.717, 1.165) is 59.3 Å². The van der Waals surface area contributed by atoms with Crippen molar-refractivity contribution in [1.82, 2.24) is 25.1 Å². The molecule has 0 aliphatic carbocycles. The van der Waals surface area contributed by atoms with E-state index in [1.807, 2.05) is 37.8 Å². The van der Waals surface area contributed by atoms with Crippen molar-refractivity contribution >= 4 is 22.4 Å². The van der Waals surface area contributed by atoms with Crippen molar-refractivity contribution in [2.75, 3.05) is 18.4 Å². The van der Waals surface area contributed by atoms with E-state index in [0.29, 0.717) is 11.6 Å². The third kappa shape index (κ3) is 4.53. The first kappa shape index (κ1) is 20.3. The van der Waals surface area contributed by atoms with Gasteiger partial charge < -0.3 is 10.6 Å². The molecule has 3 aromatic heterocycles. The first-order chi connectivity index (χ1) is 15.6. The summed E-state index contributed by atoms with van der Waals surface area (Å²) >= 11 is 0. The Bertz CT molecular complexity index is 1260. The summed E-state index contributed by atoms with van der Waals surface area (Å²) in [7, 11) is 1.91. The van der Waals surface area contributed by atoms with Crippen LogP contribution in [0.15, 0.2) is 61.2 Å². The van der Waals surface area contributed by atoms with Crippen LogP contribution < -0.4 is 10.6 Å². The number of aromatic nitrogens is 4. The zero-order chi connectivity index (χ0) is 21.9. The van der Waals surface area contributed by atoms with Gasteiger partial charge in [0.2, 0.25) is 0 Å². The minimum absolute atomic E-state index is 0.0380. The zero-order valence-electron chi connectivity index (χ0n) is 18.1. The van der Waals surface area contributed by atoms with Crippen molar-refractivity contribution in [2.24, 2.45) is 7.05 Å². The number of Topliss-reactive ketones (excluding diaryl/α,β-unsaturated/α-hetero) is 1. The summed E-state index contributed by atoms with van der Waals surface area (Å²) in [5, 5.41) is 13.2. The van der Waals surface area contributed by atoms with Crippen molar-refractivity contribution in [2.45, 2.75) is 25.3 Å². The van der Waals surface area contributed by atoms with Gasteiger partial charge in [-0.1, -0.05) is 12.1 Å². The van der Waals surface area contributed by atoms with Crippen LogP contribution in [0.3, 0.4) is 0 Å². The van der Waals surface area contributed by atoms with Gasteiger partial charge in [0.25, 0.3) is 0 Å². The number of hydrogen-bond acceptors (Lipinski definition) is 6. The summed E-state index contributed by atoms with van der Waals surface area (Å²) in [4.78, 5) is 21.9. The number of nitrogens with zero attached hydrogens (tertiary/aromatic N) is 4. The molecule has 162 valence electrons. The number of carbonyl (C=O) groups excluding carboxylic acids is 1. The lowest BCUT2D eigenvalue weighted by Gasteiger charge is -2.24. The normalized spacial score (nSPS) is 14.5. The Balaban J connectivity index is 1.33. The van der Waals surface area contributed by atoms with Gasteiger partial charge in [0.05, 0.1) is 12.6 Å². The number of carbonyl (C=O) groups is 1. The van der Waals surface area contributed by atoms with Gasteiger partial charge >= 0.3 is 0 Å². The zero-order valence-corrected chi connectivity index (χ0v) is 18.1. The number of pyridine rings is 2. The molecule has 0 saturated carbocycles. The fourth-order valence-electron chi connectivity index (χ4n) is 4.16. The molecule has 2 N–H and O–H groups in total. The monoisotopic (exact) mass is 426 g/mol. The maximum Gasteiger partial charge on any atom is 0.169 e. The van der Waals surface area contributed by atoms with Crippen LogP contribution in [-0.4, -0.2) is 44.7 Å². The first-order valence-electron chi connectivity index (χ1n) is 11.0. The minimum atomic E-state index is 0.0380. The summed E-state index contributed by atoms with van der Waals surface area (Å²) in [6, 6.07) is 12.3. The molecule has 32 heavy (non-hydrogen) atoms. The Labute approximate surface area is 186 Å². The molecule has 5 rings (SSSR count). The van der Waals surface area contributed by atoms with Crippen molar-refractivity contribution in [3.05, 3.63) is 72.4 Å². The van der Waals surface area contributed by atoms with Crippen molar-refractivity contribution in [1.29, 1.82) is 0 Å². The van der Waals surface area contributed by atoms with Gasteiger partial charge in [-0.3, -0.25) is 14.5 Å². The molecular formula is C25H26N6O. The third-order valence-electron chi connectivity index (χ3n) is 5.93. The average Bonchev–Trinajstić information content (AvgIpc) is 3.26. The van der Waals surface area contributed by atoms with E-state index in [-0.39, 0.29) is 12.2 Å². The fourth-order valence-corrected chi connectivity index (χ4v) is 4.16. The van der Waals surface area contributed by atoms with Gasteiger partial charge in [0.15, 0.2) is 5.78 Å². The topological polar surface area (TPSA) is 84.7 Å². The van der Waals surface area contributed by atoms with Crippen LogP contribution in [0.2, 0.25) is 0 Å². The SMILES string of the molecule is Cn1cc(-c2ccc3cnc(CC(=O)c4ccnc(NC5CCNCC5)c4)cc3c2)cn1. The number of rotatable bonds is 6. The summed E-state index contributed by atoms with van der Waals surface area (Å²) < 4.78 is 1.79. The fraction of sp³-hybridized carbons (Fsp3) is 0.280. The Kier molecular flexibility index (Phi) is 5.64. The minimum Gasteiger partial charge on any atom is -0.367 e. The quantitative estimate of drug-likeness (QED) is 0.458. The average molecular weight is 427 g/mol. The summed E-state index contributed by atoms with van der Waals surface area (Å²) in [6.45, 7) is 2.01. The molecule has 0 unspecified atom stereocenters. The molecule has 7 nitrogen and oxygen atoms in total. The first-order valence-corrected chi connectivity index (χ1v) is 11.0. The van der Waals surface area contributed by atoms with Crippen LogP contribution in [0, 0.1) is 0 Å². The third-order valence-corrected chi connectivity index (χ3v) is 5.93. The van der Waals surface area contributed by atoms with Gasteiger partial charge in [-0.25, -0.2) is 4.98 Å². The predicted octanol–water partition coefficient (Wildman–Crippen LogP) is 3.62. The standard InChI is InChI=1S/C25H26N6O/c1-31-16-21(15-29-31)17-2-3-19-14-28-23(11-20(19)10-17)13-24(32)18-4-9-27-25(12-18)30-22-5-7-26-8-6-22/h2-4,9-12,14-16,22,26H,5-8,13H2,1H3,(H,27,30). The van der Waals surface area contributed by atoms with Gasteiger partial charge in [0, 0.05) is 53.9 Å². The van der Waals surface area contributed by atoms with Gasteiger partial charge in [0.1, 0.15) is 5.82 Å². The molecule has 1 aromatic carbocycles. The van der Waals surface area contributed by atoms with E-state index < -0.39 is 0 Å². The van der Waals surface area contributed by atoms with Crippen LogP contribution in [0.5, 0.6) is 0 Å². The van der Waals surface area contributed by atoms with Gasteiger partial charge in [-0.05, 0) is 61.1 Å². The molecule has 1 aliphatic rings. The Morgan fingerprint density at radius 3 is 2.75 bits per heavy atom. The number of ketones is 1. The number of hydrogen-bond donors (Lipinski definition) is 2. The van der Waals surface area contributed by atoms with Crippen molar-refractivity contribution in [3.63, 3.8) is 0 Å². The lowest BCUT2D eigenvalue weighted by Crippen LogP contribution is -2.35. The van der Waals surface area contributed by atoms with Crippen LogP contribution in [0.25, 0.3) is 21.9 Å². The second kappa shape index (κ2) is 8.88. The summed E-state index contributed by atoms with van der Waals surface area (Å²) in [6.07, 6.45) is 9.75. The highest BCUT2D eigenvalue weighted by molar-refractivity contribution is 5.98. The van der Waals surface area contributed by atoms with E-state index in [4.69, 9.17) is 0 Å². The van der Waals surface area contributed by atoms with Gasteiger partial charge in [-0.15, -0.1) is 0 Å². The lowest BCUT2D eigenvalue weighted by molar-refractivity contribution is 0.0992. The number of nitrogens with one attached hydrogen (secondary N) is 2. The van der Waals surface area contributed by atoms with E-state index in [1.165, 1.54) is 0 Å². The van der Waals surface area contributed by atoms with Gasteiger partial charge in [-0.2, -0.15) is 5.10 Å². The second-order valence-corrected chi connectivity index (χ2v) is 8.34. The number of fused-ring (bicyclic) bond motifs is 1. The molecule has 0 bridgehead atoms. The van der Waals surface area contributed by atoms with Crippen LogP contribution >= 0.6 is 0 Å². The highest BCUT2D eigenvalue weighted by Crippen LogP contribution is 2.24. The molecule has 0 amide bonds.